The Kier molecular flexibility index (Phi) is 7.23. The molecule has 2 nitrogen and oxygen atoms in total. The first-order valence-electron chi connectivity index (χ1n) is 17.1. The zero-order valence-electron chi connectivity index (χ0n) is 27.5. The summed E-state index contributed by atoms with van der Waals surface area (Å²) in [5.74, 6) is 0. The molecular formula is C47H30N2S2. The van der Waals surface area contributed by atoms with Crippen molar-refractivity contribution in [3.05, 3.63) is 182 Å². The molecule has 0 saturated carbocycles. The van der Waals surface area contributed by atoms with Crippen LogP contribution in [0.4, 0.5) is 17.1 Å². The maximum atomic E-state index is 5.08. The lowest BCUT2D eigenvalue weighted by Gasteiger charge is -2.28. The van der Waals surface area contributed by atoms with Crippen molar-refractivity contribution in [1.82, 2.24) is 4.98 Å². The molecule has 0 spiro atoms. The van der Waals surface area contributed by atoms with Crippen LogP contribution in [0.3, 0.4) is 0 Å². The normalized spacial score (nSPS) is 11.5. The molecule has 0 bridgehead atoms. The molecule has 4 heteroatoms. The smallest absolute Gasteiger partial charge is 0.124 e. The largest absolute Gasteiger partial charge is 0.310 e. The molecule has 0 atom stereocenters. The zero-order valence-corrected chi connectivity index (χ0v) is 29.2. The molecule has 8 aromatic carbocycles. The molecule has 2 heterocycles. The minimum atomic E-state index is 1.05. The Hall–Kier alpha value is -6.07. The SMILES string of the molecule is c1ccc(-c2nc3ccc4sc5ccc(N(c6ccc(-c7ccc8ccccc8c7)cc6)c6ccccc6-c6ccccc6)cc5c4c3s2)cc1. The van der Waals surface area contributed by atoms with Gasteiger partial charge in [-0.1, -0.05) is 127 Å². The molecule has 0 N–H and O–H groups in total. The van der Waals surface area contributed by atoms with Crippen LogP contribution in [0.15, 0.2) is 182 Å². The van der Waals surface area contributed by atoms with Crippen LogP contribution in [0.1, 0.15) is 0 Å². The standard InChI is InChI=1S/C47H30N2S2/c1-3-12-33(13-4-1)39-17-9-10-18-42(39)49(37-23-21-32(22-24-37)36-20-19-31-11-7-8-16-35(31)29-36)38-25-27-43-40(30-38)45-44(50-43)28-26-41-46(45)51-47(48-41)34-14-5-2-6-15-34/h1-30H. The summed E-state index contributed by atoms with van der Waals surface area (Å²) in [5.41, 5.74) is 10.3. The van der Waals surface area contributed by atoms with Gasteiger partial charge in [0.1, 0.15) is 5.01 Å². The van der Waals surface area contributed by atoms with Crippen LogP contribution in [0, 0.1) is 0 Å². The molecular weight excluding hydrogens is 657 g/mol. The van der Waals surface area contributed by atoms with Crippen molar-refractivity contribution in [1.29, 1.82) is 0 Å². The van der Waals surface area contributed by atoms with Gasteiger partial charge in [0, 0.05) is 42.7 Å². The highest BCUT2D eigenvalue weighted by atomic mass is 32.1. The Bertz CT molecular complexity index is 2850. The van der Waals surface area contributed by atoms with E-state index in [2.05, 4.69) is 187 Å². The van der Waals surface area contributed by atoms with E-state index >= 15 is 0 Å². The van der Waals surface area contributed by atoms with E-state index in [1.165, 1.54) is 57.9 Å². The lowest BCUT2D eigenvalue weighted by Crippen LogP contribution is -2.11. The Labute approximate surface area is 304 Å². The van der Waals surface area contributed by atoms with Gasteiger partial charge in [0.25, 0.3) is 0 Å². The van der Waals surface area contributed by atoms with Gasteiger partial charge in [-0.15, -0.1) is 22.7 Å². The van der Waals surface area contributed by atoms with Gasteiger partial charge in [0.2, 0.25) is 0 Å². The topological polar surface area (TPSA) is 16.1 Å². The van der Waals surface area contributed by atoms with Crippen LogP contribution in [0.25, 0.3) is 74.0 Å². The predicted molar refractivity (Wildman–Crippen MR) is 221 cm³/mol. The molecule has 0 aliphatic rings. The average molecular weight is 687 g/mol. The van der Waals surface area contributed by atoms with Crippen LogP contribution >= 0.6 is 22.7 Å². The van der Waals surface area contributed by atoms with Crippen LogP contribution in [0.2, 0.25) is 0 Å². The Morgan fingerprint density at radius 1 is 0.431 bits per heavy atom. The molecule has 0 aliphatic heterocycles. The van der Waals surface area contributed by atoms with Gasteiger partial charge in [0.15, 0.2) is 0 Å². The second-order valence-electron chi connectivity index (χ2n) is 12.8. The number of aromatic nitrogens is 1. The summed E-state index contributed by atoms with van der Waals surface area (Å²) in [5, 5.41) is 6.11. The van der Waals surface area contributed by atoms with Crippen molar-refractivity contribution in [3.63, 3.8) is 0 Å². The first kappa shape index (κ1) is 29.8. The number of hydrogen-bond acceptors (Lipinski definition) is 4. The molecule has 10 aromatic rings. The van der Waals surface area contributed by atoms with Gasteiger partial charge in [-0.05, 0) is 82.1 Å². The lowest BCUT2D eigenvalue weighted by atomic mass is 9.99. The van der Waals surface area contributed by atoms with Gasteiger partial charge in [0.05, 0.1) is 15.9 Å². The number of anilines is 3. The summed E-state index contributed by atoms with van der Waals surface area (Å²) >= 11 is 3.64. The second-order valence-corrected chi connectivity index (χ2v) is 14.9. The number of nitrogens with zero attached hydrogens (tertiary/aromatic N) is 2. The van der Waals surface area contributed by atoms with Crippen LogP contribution in [0.5, 0.6) is 0 Å². The quantitative estimate of drug-likeness (QED) is 0.173. The summed E-state index contributed by atoms with van der Waals surface area (Å²) in [6, 6.07) is 65.6. The number of thiophene rings is 1. The molecule has 51 heavy (non-hydrogen) atoms. The highest BCUT2D eigenvalue weighted by molar-refractivity contribution is 7.28. The van der Waals surface area contributed by atoms with Crippen molar-refractivity contribution < 1.29 is 0 Å². The summed E-state index contributed by atoms with van der Waals surface area (Å²) < 4.78 is 3.80. The summed E-state index contributed by atoms with van der Waals surface area (Å²) in [6.07, 6.45) is 0. The molecule has 0 amide bonds. The van der Waals surface area contributed by atoms with Gasteiger partial charge in [-0.3, -0.25) is 0 Å². The van der Waals surface area contributed by atoms with Crippen molar-refractivity contribution in [2.75, 3.05) is 4.90 Å². The predicted octanol–water partition coefficient (Wildman–Crippen LogP) is 14.3. The van der Waals surface area contributed by atoms with Crippen LogP contribution in [-0.4, -0.2) is 4.98 Å². The van der Waals surface area contributed by atoms with Crippen molar-refractivity contribution in [3.8, 4) is 32.8 Å². The van der Waals surface area contributed by atoms with E-state index in [0.29, 0.717) is 0 Å². The molecule has 0 unspecified atom stereocenters. The van der Waals surface area contributed by atoms with E-state index < -0.39 is 0 Å². The van der Waals surface area contributed by atoms with Gasteiger partial charge in [-0.2, -0.15) is 0 Å². The molecule has 0 fully saturated rings. The maximum absolute atomic E-state index is 5.08. The molecule has 0 saturated heterocycles. The second kappa shape index (κ2) is 12.4. The number of fused-ring (bicyclic) bond motifs is 6. The Balaban J connectivity index is 1.15. The number of para-hydroxylation sites is 1. The minimum Gasteiger partial charge on any atom is -0.310 e. The average Bonchev–Trinajstić information content (AvgIpc) is 3.81. The highest BCUT2D eigenvalue weighted by Gasteiger charge is 2.20. The van der Waals surface area contributed by atoms with E-state index in [9.17, 15) is 0 Å². The first-order chi connectivity index (χ1) is 25.3. The fraction of sp³-hybridized carbons (Fsp3) is 0. The first-order valence-corrected chi connectivity index (χ1v) is 18.8. The Morgan fingerprint density at radius 3 is 1.92 bits per heavy atom. The minimum absolute atomic E-state index is 1.05. The Morgan fingerprint density at radius 2 is 1.10 bits per heavy atom. The third kappa shape index (κ3) is 5.28. The van der Waals surface area contributed by atoms with Crippen molar-refractivity contribution in [2.45, 2.75) is 0 Å². The fourth-order valence-electron chi connectivity index (χ4n) is 7.21. The van der Waals surface area contributed by atoms with E-state index in [1.54, 1.807) is 11.3 Å². The van der Waals surface area contributed by atoms with Gasteiger partial charge < -0.3 is 4.90 Å². The monoisotopic (exact) mass is 686 g/mol. The summed E-state index contributed by atoms with van der Waals surface area (Å²) in [7, 11) is 0. The van der Waals surface area contributed by atoms with Crippen LogP contribution in [-0.2, 0) is 0 Å². The molecule has 2 aromatic heterocycles. The van der Waals surface area contributed by atoms with E-state index in [-0.39, 0.29) is 0 Å². The highest BCUT2D eigenvalue weighted by Crippen LogP contribution is 2.46. The number of thiazole rings is 1. The van der Waals surface area contributed by atoms with Gasteiger partial charge in [-0.25, -0.2) is 4.98 Å². The summed E-state index contributed by atoms with van der Waals surface area (Å²) in [4.78, 5) is 7.49. The third-order valence-corrected chi connectivity index (χ3v) is 12.0. The van der Waals surface area contributed by atoms with Crippen molar-refractivity contribution in [2.24, 2.45) is 0 Å². The number of benzene rings is 8. The van der Waals surface area contributed by atoms with E-state index in [1.807, 2.05) is 11.3 Å². The zero-order chi connectivity index (χ0) is 33.7. The van der Waals surface area contributed by atoms with Crippen molar-refractivity contribution >= 4 is 80.9 Å². The summed E-state index contributed by atoms with van der Waals surface area (Å²) in [6.45, 7) is 0. The molecule has 0 radical (unpaired) electrons. The number of hydrogen-bond donors (Lipinski definition) is 0. The van der Waals surface area contributed by atoms with E-state index in [4.69, 9.17) is 4.98 Å². The van der Waals surface area contributed by atoms with E-state index in [0.717, 1.165) is 33.1 Å². The molecule has 10 rings (SSSR count). The van der Waals surface area contributed by atoms with Gasteiger partial charge >= 0.3 is 0 Å². The molecule has 0 aliphatic carbocycles. The number of rotatable bonds is 6. The molecule has 240 valence electrons. The third-order valence-electron chi connectivity index (χ3n) is 9.69. The maximum Gasteiger partial charge on any atom is 0.124 e. The fourth-order valence-corrected chi connectivity index (χ4v) is 9.50. The van der Waals surface area contributed by atoms with Crippen LogP contribution < -0.4 is 4.90 Å². The lowest BCUT2D eigenvalue weighted by molar-refractivity contribution is 1.29.